The molecular weight excluding hydrogens is 493 g/mol. The summed E-state index contributed by atoms with van der Waals surface area (Å²) in [6.45, 7) is 1.68. The number of aryl methyl sites for hydroxylation is 1. The molecule has 6 rings (SSSR count). The number of hydrogen-bond acceptors (Lipinski definition) is 2. The van der Waals surface area contributed by atoms with Gasteiger partial charge in [0.1, 0.15) is 0 Å². The molecule has 0 aliphatic carbocycles. The van der Waals surface area contributed by atoms with E-state index in [1.807, 2.05) is 60.9 Å². The van der Waals surface area contributed by atoms with Gasteiger partial charge < -0.3 is 0 Å². The quantitative estimate of drug-likeness (QED) is 0.233. The molecule has 0 bridgehead atoms. The number of hydrogen-bond donors (Lipinski definition) is 0. The van der Waals surface area contributed by atoms with E-state index in [1.54, 1.807) is 19.2 Å². The van der Waals surface area contributed by atoms with Crippen molar-refractivity contribution in [2.24, 2.45) is 0 Å². The minimum Gasteiger partial charge on any atom is -0.264 e. The Hall–Kier alpha value is -4.77. The third-order valence-corrected chi connectivity index (χ3v) is 6.85. The maximum atomic E-state index is 13.3. The van der Waals surface area contributed by atoms with Crippen LogP contribution in [0, 0.1) is 6.92 Å². The molecule has 0 N–H and O–H groups in total. The summed E-state index contributed by atoms with van der Waals surface area (Å²) in [6, 6.07) is 32.3. The summed E-state index contributed by atoms with van der Waals surface area (Å²) >= 11 is 0. The van der Waals surface area contributed by atoms with Gasteiger partial charge >= 0.3 is 6.18 Å². The molecule has 0 aliphatic heterocycles. The van der Waals surface area contributed by atoms with E-state index in [0.717, 1.165) is 49.8 Å². The van der Waals surface area contributed by atoms with Crippen molar-refractivity contribution in [2.75, 3.05) is 0 Å². The number of alkyl halides is 3. The van der Waals surface area contributed by atoms with Gasteiger partial charge in [0.25, 0.3) is 0 Å². The molecule has 6 aromatic rings. The fourth-order valence-corrected chi connectivity index (χ4v) is 4.82. The number of benzene rings is 4. The maximum absolute atomic E-state index is 13.3. The summed E-state index contributed by atoms with van der Waals surface area (Å²) < 4.78 is 39.8. The lowest BCUT2D eigenvalue weighted by molar-refractivity contribution is -0.137. The zero-order valence-electron chi connectivity index (χ0n) is 21.1. The normalized spacial score (nSPS) is 11.6. The summed E-state index contributed by atoms with van der Waals surface area (Å²) in [5, 5.41) is 1.03. The first-order valence-electron chi connectivity index (χ1n) is 12.5. The highest BCUT2D eigenvalue weighted by Gasteiger charge is 2.31. The Morgan fingerprint density at radius 1 is 0.538 bits per heavy atom. The van der Waals surface area contributed by atoms with Crippen molar-refractivity contribution >= 4 is 10.9 Å². The number of aromatic nitrogens is 2. The topological polar surface area (TPSA) is 25.8 Å². The molecule has 0 unspecified atom stereocenters. The predicted octanol–water partition coefficient (Wildman–Crippen LogP) is 9.63. The molecule has 0 atom stereocenters. The van der Waals surface area contributed by atoms with Gasteiger partial charge in [-0.1, -0.05) is 72.8 Å². The Labute approximate surface area is 224 Å². The molecule has 2 heterocycles. The SMILES string of the molecule is Cc1cc(-c2ccc(-c3ccc4cc(-c5ccc(-c6cccnc6)cc5)cnc4c3)cc2)cc(C(F)(F)F)c1. The number of nitrogens with zero attached hydrogens (tertiary/aromatic N) is 2. The van der Waals surface area contributed by atoms with Gasteiger partial charge in [-0.15, -0.1) is 0 Å². The largest absolute Gasteiger partial charge is 0.416 e. The van der Waals surface area contributed by atoms with Crippen LogP contribution in [-0.4, -0.2) is 9.97 Å². The summed E-state index contributed by atoms with van der Waals surface area (Å²) in [4.78, 5) is 8.91. The monoisotopic (exact) mass is 516 g/mol. The van der Waals surface area contributed by atoms with Crippen LogP contribution in [0.4, 0.5) is 13.2 Å². The molecule has 0 saturated heterocycles. The highest BCUT2D eigenvalue weighted by atomic mass is 19.4. The van der Waals surface area contributed by atoms with Crippen molar-refractivity contribution in [3.8, 4) is 44.5 Å². The van der Waals surface area contributed by atoms with Gasteiger partial charge in [0.05, 0.1) is 11.1 Å². The Morgan fingerprint density at radius 3 is 1.79 bits per heavy atom. The first-order chi connectivity index (χ1) is 18.8. The zero-order valence-corrected chi connectivity index (χ0v) is 21.1. The van der Waals surface area contributed by atoms with Crippen LogP contribution in [0.15, 0.2) is 122 Å². The number of pyridine rings is 2. The zero-order chi connectivity index (χ0) is 27.0. The average molecular weight is 517 g/mol. The second-order valence-electron chi connectivity index (χ2n) is 9.61. The molecule has 5 heteroatoms. The van der Waals surface area contributed by atoms with Gasteiger partial charge in [0, 0.05) is 29.5 Å². The maximum Gasteiger partial charge on any atom is 0.416 e. The van der Waals surface area contributed by atoms with E-state index in [4.69, 9.17) is 4.98 Å². The fraction of sp³-hybridized carbons (Fsp3) is 0.0588. The van der Waals surface area contributed by atoms with Crippen LogP contribution in [0.3, 0.4) is 0 Å². The third-order valence-electron chi connectivity index (χ3n) is 6.85. The predicted molar refractivity (Wildman–Crippen MR) is 151 cm³/mol. The number of rotatable bonds is 4. The minimum absolute atomic E-state index is 0.551. The molecule has 2 aromatic heterocycles. The van der Waals surface area contributed by atoms with Crippen molar-refractivity contribution in [3.63, 3.8) is 0 Å². The third kappa shape index (κ3) is 5.16. The minimum atomic E-state index is -4.37. The van der Waals surface area contributed by atoms with E-state index >= 15 is 0 Å². The van der Waals surface area contributed by atoms with Gasteiger partial charge in [-0.05, 0) is 81.8 Å². The molecule has 0 fully saturated rings. The summed E-state index contributed by atoms with van der Waals surface area (Å²) in [5.41, 5.74) is 8.39. The second-order valence-corrected chi connectivity index (χ2v) is 9.61. The Balaban J connectivity index is 1.25. The van der Waals surface area contributed by atoms with Crippen LogP contribution in [0.5, 0.6) is 0 Å². The van der Waals surface area contributed by atoms with Crippen LogP contribution in [-0.2, 0) is 6.18 Å². The first-order valence-corrected chi connectivity index (χ1v) is 12.5. The highest BCUT2D eigenvalue weighted by molar-refractivity contribution is 5.88. The fourth-order valence-electron chi connectivity index (χ4n) is 4.82. The van der Waals surface area contributed by atoms with Gasteiger partial charge in [-0.3, -0.25) is 9.97 Å². The van der Waals surface area contributed by atoms with E-state index in [2.05, 4.69) is 41.4 Å². The summed E-state index contributed by atoms with van der Waals surface area (Å²) in [7, 11) is 0. The molecule has 190 valence electrons. The number of halogens is 3. The molecule has 0 saturated carbocycles. The van der Waals surface area contributed by atoms with E-state index in [-0.39, 0.29) is 0 Å². The highest BCUT2D eigenvalue weighted by Crippen LogP contribution is 2.34. The second kappa shape index (κ2) is 9.84. The van der Waals surface area contributed by atoms with Crippen LogP contribution >= 0.6 is 0 Å². The van der Waals surface area contributed by atoms with Crippen LogP contribution < -0.4 is 0 Å². The van der Waals surface area contributed by atoms with Crippen LogP contribution in [0.2, 0.25) is 0 Å². The summed E-state index contributed by atoms with van der Waals surface area (Å²) in [6.07, 6.45) is 1.12. The van der Waals surface area contributed by atoms with E-state index in [0.29, 0.717) is 11.1 Å². The van der Waals surface area contributed by atoms with E-state index in [9.17, 15) is 13.2 Å². The Morgan fingerprint density at radius 2 is 1.15 bits per heavy atom. The molecule has 4 aromatic carbocycles. The smallest absolute Gasteiger partial charge is 0.264 e. The van der Waals surface area contributed by atoms with Crippen LogP contribution in [0.1, 0.15) is 11.1 Å². The molecule has 0 aliphatic rings. The standard InChI is InChI=1S/C34H23F3N2/c1-22-15-30(18-32(16-22)34(35,36)37)25-8-4-23(5-9-25)27-12-13-28-17-31(21-39-33(28)19-27)26-10-6-24(7-11-26)29-3-2-14-38-20-29/h2-21H,1H3. The Bertz CT molecular complexity index is 1770. The number of fused-ring (bicyclic) bond motifs is 1. The average Bonchev–Trinajstić information content (AvgIpc) is 2.96. The molecule has 0 radical (unpaired) electrons. The molecule has 39 heavy (non-hydrogen) atoms. The molecule has 2 nitrogen and oxygen atoms in total. The molecule has 0 spiro atoms. The van der Waals surface area contributed by atoms with Gasteiger partial charge in [-0.2, -0.15) is 13.2 Å². The van der Waals surface area contributed by atoms with Crippen molar-refractivity contribution in [1.82, 2.24) is 9.97 Å². The van der Waals surface area contributed by atoms with Gasteiger partial charge in [0.2, 0.25) is 0 Å². The van der Waals surface area contributed by atoms with Crippen molar-refractivity contribution < 1.29 is 13.2 Å². The molecular formula is C34H23F3N2. The van der Waals surface area contributed by atoms with Crippen LogP contribution in [0.25, 0.3) is 55.4 Å². The lowest BCUT2D eigenvalue weighted by atomic mass is 9.96. The van der Waals surface area contributed by atoms with Crippen molar-refractivity contribution in [1.29, 1.82) is 0 Å². The van der Waals surface area contributed by atoms with Gasteiger partial charge in [0.15, 0.2) is 0 Å². The molecule has 0 amide bonds. The van der Waals surface area contributed by atoms with Gasteiger partial charge in [-0.25, -0.2) is 0 Å². The first kappa shape index (κ1) is 24.6. The van der Waals surface area contributed by atoms with Crippen molar-refractivity contribution in [2.45, 2.75) is 13.1 Å². The summed E-state index contributed by atoms with van der Waals surface area (Å²) in [5.74, 6) is 0. The lowest BCUT2D eigenvalue weighted by Crippen LogP contribution is -2.05. The van der Waals surface area contributed by atoms with E-state index < -0.39 is 11.7 Å². The lowest BCUT2D eigenvalue weighted by Gasteiger charge is -2.11. The van der Waals surface area contributed by atoms with E-state index in [1.165, 1.54) is 12.1 Å². The Kier molecular flexibility index (Phi) is 6.20. The van der Waals surface area contributed by atoms with Crippen molar-refractivity contribution in [3.05, 3.63) is 133 Å².